The van der Waals surface area contributed by atoms with Crippen molar-refractivity contribution in [2.24, 2.45) is 7.05 Å². The molecule has 0 fully saturated rings. The van der Waals surface area contributed by atoms with Gasteiger partial charge in [-0.15, -0.1) is 0 Å². The number of hydrogen-bond acceptors (Lipinski definition) is 4. The molecule has 0 atom stereocenters. The first kappa shape index (κ1) is 22.7. The van der Waals surface area contributed by atoms with E-state index in [1.165, 1.54) is 11.8 Å². The molecule has 0 N–H and O–H groups in total. The Hall–Kier alpha value is -4.10. The third-order valence-corrected chi connectivity index (χ3v) is 6.60. The van der Waals surface area contributed by atoms with Crippen LogP contribution >= 0.6 is 11.6 Å². The first-order valence-corrected chi connectivity index (χ1v) is 11.4. The van der Waals surface area contributed by atoms with Gasteiger partial charge in [0.2, 0.25) is 0 Å². The van der Waals surface area contributed by atoms with Crippen LogP contribution in [0.25, 0.3) is 27.5 Å². The average Bonchev–Trinajstić information content (AvgIpc) is 3.17. The molecule has 5 aromatic rings. The first-order chi connectivity index (χ1) is 16.8. The molecule has 0 aliphatic rings. The molecule has 2 aromatic heterocycles. The smallest absolute Gasteiger partial charge is 0.296 e. The van der Waals surface area contributed by atoms with E-state index >= 15 is 0 Å². The fraction of sp³-hybridized carbons (Fsp3) is 0.148. The Balaban J connectivity index is 1.84. The molecular formula is C27H23ClN4O3. The van der Waals surface area contributed by atoms with Gasteiger partial charge in [-0.05, 0) is 42.8 Å². The average molecular weight is 487 g/mol. The summed E-state index contributed by atoms with van der Waals surface area (Å²) < 4.78 is 8.28. The van der Waals surface area contributed by atoms with Gasteiger partial charge >= 0.3 is 0 Å². The predicted molar refractivity (Wildman–Crippen MR) is 139 cm³/mol. The summed E-state index contributed by atoms with van der Waals surface area (Å²) in [5, 5.41) is 6.25. The Morgan fingerprint density at radius 3 is 2.49 bits per heavy atom. The van der Waals surface area contributed by atoms with E-state index in [9.17, 15) is 9.59 Å². The molecular weight excluding hydrogens is 464 g/mol. The number of hydrogen-bond donors (Lipinski definition) is 0. The number of carbonyl (C=O) groups is 1. The van der Waals surface area contributed by atoms with Crippen LogP contribution in [-0.4, -0.2) is 34.4 Å². The van der Waals surface area contributed by atoms with Gasteiger partial charge in [0.05, 0.1) is 17.8 Å². The van der Waals surface area contributed by atoms with Crippen LogP contribution < -0.4 is 15.2 Å². The third-order valence-electron chi connectivity index (χ3n) is 6.30. The Morgan fingerprint density at radius 1 is 1.06 bits per heavy atom. The van der Waals surface area contributed by atoms with Crippen molar-refractivity contribution in [2.75, 3.05) is 19.1 Å². The van der Waals surface area contributed by atoms with Crippen molar-refractivity contribution >= 4 is 45.0 Å². The van der Waals surface area contributed by atoms with E-state index in [2.05, 4.69) is 5.10 Å². The zero-order chi connectivity index (χ0) is 24.9. The molecule has 2 heterocycles. The molecule has 1 amide bonds. The number of methoxy groups -OCH3 is 1. The number of carbonyl (C=O) groups excluding carboxylic acids is 1. The number of halogens is 1. The monoisotopic (exact) mass is 486 g/mol. The number of para-hydroxylation sites is 2. The lowest BCUT2D eigenvalue weighted by Gasteiger charge is -2.20. The second kappa shape index (κ2) is 8.60. The summed E-state index contributed by atoms with van der Waals surface area (Å²) in [6, 6.07) is 20.2. The predicted octanol–water partition coefficient (Wildman–Crippen LogP) is 5.12. The van der Waals surface area contributed by atoms with Crippen LogP contribution in [0.1, 0.15) is 16.1 Å². The topological polar surface area (TPSA) is 69.4 Å². The van der Waals surface area contributed by atoms with Crippen LogP contribution in [0.4, 0.5) is 5.69 Å². The highest BCUT2D eigenvalue weighted by atomic mass is 35.5. The molecule has 0 saturated heterocycles. The van der Waals surface area contributed by atoms with Crippen LogP contribution in [0.3, 0.4) is 0 Å². The molecule has 8 heteroatoms. The molecule has 3 aromatic carbocycles. The van der Waals surface area contributed by atoms with Gasteiger partial charge in [-0.25, -0.2) is 0 Å². The van der Waals surface area contributed by atoms with Crippen LogP contribution in [0, 0.1) is 6.92 Å². The highest BCUT2D eigenvalue weighted by Crippen LogP contribution is 2.31. The largest absolute Gasteiger partial charge is 0.495 e. The van der Waals surface area contributed by atoms with Crippen LogP contribution in [0.5, 0.6) is 5.75 Å². The summed E-state index contributed by atoms with van der Waals surface area (Å²) in [4.78, 5) is 29.2. The van der Waals surface area contributed by atoms with E-state index < -0.39 is 0 Å². The van der Waals surface area contributed by atoms with Crippen molar-refractivity contribution in [2.45, 2.75) is 6.92 Å². The lowest BCUT2D eigenvalue weighted by molar-refractivity contribution is 0.0988. The maximum Gasteiger partial charge on any atom is 0.296 e. The Labute approximate surface area is 206 Å². The second-order valence-corrected chi connectivity index (χ2v) is 8.74. The third kappa shape index (κ3) is 3.56. The molecule has 0 unspecified atom stereocenters. The minimum atomic E-state index is -0.352. The Bertz CT molecular complexity index is 1690. The van der Waals surface area contributed by atoms with E-state index in [1.807, 2.05) is 62.5 Å². The second-order valence-electron chi connectivity index (χ2n) is 8.33. The van der Waals surface area contributed by atoms with Crippen molar-refractivity contribution in [3.63, 3.8) is 0 Å². The summed E-state index contributed by atoms with van der Waals surface area (Å²) in [7, 11) is 5.05. The normalized spacial score (nSPS) is 11.2. The molecule has 0 bridgehead atoms. The Kier molecular flexibility index (Phi) is 5.57. The number of anilines is 1. The Morgan fingerprint density at radius 2 is 1.77 bits per heavy atom. The molecule has 176 valence electrons. The highest BCUT2D eigenvalue weighted by molar-refractivity contribution is 6.32. The van der Waals surface area contributed by atoms with Crippen molar-refractivity contribution in [1.82, 2.24) is 14.3 Å². The van der Waals surface area contributed by atoms with E-state index in [0.29, 0.717) is 27.4 Å². The van der Waals surface area contributed by atoms with Crippen LogP contribution in [0.2, 0.25) is 5.02 Å². The molecule has 7 nitrogen and oxygen atoms in total. The maximum atomic E-state index is 13.9. The number of amides is 1. The van der Waals surface area contributed by atoms with E-state index in [1.54, 1.807) is 34.7 Å². The standard InChI is InChI=1S/C27H23ClN4O3/c1-16-9-5-7-11-20(16)31(3)26(33)24-23-18-10-6-8-12-21(18)30(2)25(23)27(34)32(29-24)17-13-14-22(35-4)19(28)15-17/h5-15H,1-4H3. The van der Waals surface area contributed by atoms with Crippen LogP contribution in [-0.2, 0) is 7.05 Å². The van der Waals surface area contributed by atoms with Crippen molar-refractivity contribution < 1.29 is 9.53 Å². The maximum absolute atomic E-state index is 13.9. The number of aryl methyl sites for hydroxylation is 2. The van der Waals surface area contributed by atoms with Crippen LogP contribution in [0.15, 0.2) is 71.5 Å². The number of fused-ring (bicyclic) bond motifs is 3. The SMILES string of the molecule is COc1ccc(-n2nc(C(=O)N(C)c3ccccc3C)c3c4ccccc4n(C)c3c2=O)cc1Cl. The summed E-state index contributed by atoms with van der Waals surface area (Å²) in [6.45, 7) is 1.94. The zero-order valence-corrected chi connectivity index (χ0v) is 20.5. The number of ether oxygens (including phenoxy) is 1. The van der Waals surface area contributed by atoms with E-state index in [-0.39, 0.29) is 17.2 Å². The highest BCUT2D eigenvalue weighted by Gasteiger charge is 2.26. The quantitative estimate of drug-likeness (QED) is 0.353. The number of benzene rings is 3. The van der Waals surface area contributed by atoms with E-state index in [0.717, 1.165) is 22.2 Å². The molecule has 0 aliphatic carbocycles. The summed E-state index contributed by atoms with van der Waals surface area (Å²) in [6.07, 6.45) is 0. The number of nitrogens with zero attached hydrogens (tertiary/aromatic N) is 4. The zero-order valence-electron chi connectivity index (χ0n) is 19.7. The fourth-order valence-electron chi connectivity index (χ4n) is 4.50. The van der Waals surface area contributed by atoms with Gasteiger partial charge in [0, 0.05) is 36.1 Å². The first-order valence-electron chi connectivity index (χ1n) is 11.0. The van der Waals surface area contributed by atoms with E-state index in [4.69, 9.17) is 16.3 Å². The van der Waals surface area contributed by atoms with Gasteiger partial charge < -0.3 is 14.2 Å². The molecule has 0 spiro atoms. The van der Waals surface area contributed by atoms with Gasteiger partial charge in [-0.1, -0.05) is 48.0 Å². The summed E-state index contributed by atoms with van der Waals surface area (Å²) >= 11 is 6.35. The molecule has 5 rings (SSSR count). The van der Waals surface area contributed by atoms with Crippen molar-refractivity contribution in [3.05, 3.63) is 93.4 Å². The summed E-state index contributed by atoms with van der Waals surface area (Å²) in [5.41, 5.74) is 3.18. The fourth-order valence-corrected chi connectivity index (χ4v) is 4.75. The molecule has 35 heavy (non-hydrogen) atoms. The minimum absolute atomic E-state index is 0.175. The van der Waals surface area contributed by atoms with Crippen molar-refractivity contribution in [1.29, 1.82) is 0 Å². The van der Waals surface area contributed by atoms with Gasteiger partial charge in [-0.2, -0.15) is 9.78 Å². The molecule has 0 aliphatic heterocycles. The van der Waals surface area contributed by atoms with Gasteiger partial charge in [0.1, 0.15) is 11.3 Å². The number of aromatic nitrogens is 3. The molecule has 0 radical (unpaired) electrons. The van der Waals surface area contributed by atoms with Crippen molar-refractivity contribution in [3.8, 4) is 11.4 Å². The van der Waals surface area contributed by atoms with Gasteiger partial charge in [-0.3, -0.25) is 9.59 Å². The van der Waals surface area contributed by atoms with Gasteiger partial charge in [0.25, 0.3) is 11.5 Å². The number of rotatable bonds is 4. The van der Waals surface area contributed by atoms with Gasteiger partial charge in [0.15, 0.2) is 5.69 Å². The molecule has 0 saturated carbocycles. The lowest BCUT2D eigenvalue weighted by Crippen LogP contribution is -2.32. The summed E-state index contributed by atoms with van der Waals surface area (Å²) in [5.74, 6) is 0.152. The lowest BCUT2D eigenvalue weighted by atomic mass is 10.1. The minimum Gasteiger partial charge on any atom is -0.495 e.